The van der Waals surface area contributed by atoms with Crippen LogP contribution in [0.15, 0.2) is 60.9 Å². The third-order valence-electron chi connectivity index (χ3n) is 10.4. The number of hydrogen-bond donors (Lipinski definition) is 5. The van der Waals surface area contributed by atoms with Gasteiger partial charge in [0.15, 0.2) is 0 Å². The first-order valence-corrected chi connectivity index (χ1v) is 19.1. The van der Waals surface area contributed by atoms with Crippen molar-refractivity contribution in [3.05, 3.63) is 83.7 Å². The molecule has 2 aliphatic rings. The molecule has 4 heterocycles. The van der Waals surface area contributed by atoms with Crippen molar-refractivity contribution in [3.8, 4) is 34.4 Å². The van der Waals surface area contributed by atoms with Crippen LogP contribution in [-0.2, 0) is 19.1 Å². The van der Waals surface area contributed by atoms with Gasteiger partial charge in [0.2, 0.25) is 11.8 Å². The molecule has 15 heteroatoms. The van der Waals surface area contributed by atoms with Gasteiger partial charge in [-0.3, -0.25) is 9.59 Å². The minimum atomic E-state index is -1.51. The Labute approximate surface area is 331 Å². The number of aliphatic hydroxyl groups is 1. The molecular formula is C42H50N8O7. The number of benzene rings is 2. The Balaban J connectivity index is 1.08. The van der Waals surface area contributed by atoms with Crippen LogP contribution in [0.1, 0.15) is 88.2 Å². The van der Waals surface area contributed by atoms with E-state index in [9.17, 15) is 24.3 Å². The Morgan fingerprint density at radius 3 is 1.61 bits per heavy atom. The van der Waals surface area contributed by atoms with Crippen LogP contribution < -0.4 is 10.6 Å². The largest absolute Gasteiger partial charge is 0.453 e. The highest BCUT2D eigenvalue weighted by molar-refractivity contribution is 5.88. The first-order valence-electron chi connectivity index (χ1n) is 19.1. The highest BCUT2D eigenvalue weighted by atomic mass is 16.5. The van der Waals surface area contributed by atoms with Crippen molar-refractivity contribution in [2.45, 2.75) is 83.1 Å². The second kappa shape index (κ2) is 17.3. The topological polar surface area (TPSA) is 195 Å². The number of ether oxygens (including phenoxy) is 2. The van der Waals surface area contributed by atoms with Gasteiger partial charge in [0.1, 0.15) is 23.7 Å². The van der Waals surface area contributed by atoms with Crippen LogP contribution in [0.25, 0.3) is 22.5 Å². The van der Waals surface area contributed by atoms with Crippen LogP contribution in [0.4, 0.5) is 9.59 Å². The molecule has 2 aliphatic heterocycles. The van der Waals surface area contributed by atoms with E-state index in [4.69, 9.17) is 4.74 Å². The van der Waals surface area contributed by atoms with Gasteiger partial charge in [-0.15, -0.1) is 0 Å². The van der Waals surface area contributed by atoms with Crippen LogP contribution in [-0.4, -0.2) is 104 Å². The van der Waals surface area contributed by atoms with Gasteiger partial charge in [-0.05, 0) is 80.8 Å². The number of H-pyrrole nitrogens is 2. The Morgan fingerprint density at radius 2 is 1.19 bits per heavy atom. The summed E-state index contributed by atoms with van der Waals surface area (Å²) in [6.07, 6.45) is 5.13. The highest BCUT2D eigenvalue weighted by Crippen LogP contribution is 2.34. The van der Waals surface area contributed by atoms with E-state index in [2.05, 4.69) is 47.1 Å². The smallest absolute Gasteiger partial charge is 0.407 e. The van der Waals surface area contributed by atoms with Crippen LogP contribution in [0.5, 0.6) is 0 Å². The molecule has 4 aromatic rings. The molecule has 2 aromatic heterocycles. The van der Waals surface area contributed by atoms with Gasteiger partial charge >= 0.3 is 12.2 Å². The Morgan fingerprint density at radius 1 is 0.754 bits per heavy atom. The minimum absolute atomic E-state index is 0.113. The Hall–Kier alpha value is -6.14. The molecule has 0 saturated carbocycles. The van der Waals surface area contributed by atoms with Gasteiger partial charge in [0.25, 0.3) is 0 Å². The number of methoxy groups -OCH3 is 2. The number of aromatic nitrogens is 4. The molecule has 5 N–H and O–H groups in total. The van der Waals surface area contributed by atoms with Gasteiger partial charge in [-0.25, -0.2) is 19.6 Å². The number of hydrogen-bond acceptors (Lipinski definition) is 9. The maximum absolute atomic E-state index is 13.5. The summed E-state index contributed by atoms with van der Waals surface area (Å²) in [6, 6.07) is 13.2. The molecule has 2 fully saturated rings. The maximum atomic E-state index is 13.5. The quantitative estimate of drug-likeness (QED) is 0.137. The summed E-state index contributed by atoms with van der Waals surface area (Å²) in [5.74, 6) is 7.11. The third-order valence-corrected chi connectivity index (χ3v) is 10.4. The van der Waals surface area contributed by atoms with Crippen molar-refractivity contribution >= 4 is 24.0 Å². The van der Waals surface area contributed by atoms with E-state index in [1.807, 2.05) is 62.4 Å². The van der Waals surface area contributed by atoms with E-state index in [1.54, 1.807) is 22.2 Å². The van der Waals surface area contributed by atoms with E-state index >= 15 is 0 Å². The lowest BCUT2D eigenvalue weighted by molar-refractivity contribution is -0.140. The fraction of sp³-hybridized carbons (Fsp3) is 0.429. The molecule has 0 radical (unpaired) electrons. The molecule has 57 heavy (non-hydrogen) atoms. The third kappa shape index (κ3) is 9.29. The zero-order valence-electron chi connectivity index (χ0n) is 33.1. The van der Waals surface area contributed by atoms with E-state index < -0.39 is 35.8 Å². The number of likely N-dealkylation sites (tertiary alicyclic amines) is 2. The van der Waals surface area contributed by atoms with E-state index in [1.165, 1.54) is 28.1 Å². The van der Waals surface area contributed by atoms with Gasteiger partial charge in [0.05, 0.1) is 55.7 Å². The van der Waals surface area contributed by atoms with Gasteiger partial charge in [-0.1, -0.05) is 50.0 Å². The zero-order chi connectivity index (χ0) is 40.9. The van der Waals surface area contributed by atoms with E-state index in [-0.39, 0.29) is 23.9 Å². The lowest BCUT2D eigenvalue weighted by Gasteiger charge is -2.34. The standard InChI is InChI=1S/C42H50N8O7/c1-25(2)34(47-40(53)56-5)38(51)49-21-7-9-32(49)36-43-23-30(45-36)28-17-13-26(14-18-28)11-12-27-15-19-29(20-16-27)31-24-44-37(46-31)33-10-8-22-50(33)39(52)35(42(3,4)55)48-41(54)57-6/h13-20,23-25,32-35,55H,7-10,21-22H2,1-6H3,(H,43,45)(H,44,46)(H,47,53)(H,48,54)/t32-,33-,34-,35+/m0/s1. The van der Waals surface area contributed by atoms with Gasteiger partial charge in [-0.2, -0.15) is 0 Å². The normalized spacial score (nSPS) is 17.8. The molecule has 15 nitrogen and oxygen atoms in total. The predicted octanol–water partition coefficient (Wildman–Crippen LogP) is 5.07. The molecule has 0 bridgehead atoms. The van der Waals surface area contributed by atoms with Crippen LogP contribution >= 0.6 is 0 Å². The van der Waals surface area contributed by atoms with Gasteiger partial charge in [0, 0.05) is 24.2 Å². The lowest BCUT2D eigenvalue weighted by Crippen LogP contribution is -2.58. The second-order valence-electron chi connectivity index (χ2n) is 15.2. The number of imidazole rings is 2. The van der Waals surface area contributed by atoms with Gasteiger partial charge < -0.3 is 45.0 Å². The molecule has 0 unspecified atom stereocenters. The number of carbonyl (C=O) groups excluding carboxylic acids is 4. The minimum Gasteiger partial charge on any atom is -0.453 e. The summed E-state index contributed by atoms with van der Waals surface area (Å²) < 4.78 is 9.42. The number of rotatable bonds is 10. The van der Waals surface area contributed by atoms with E-state index in [0.29, 0.717) is 31.2 Å². The monoisotopic (exact) mass is 778 g/mol. The summed E-state index contributed by atoms with van der Waals surface area (Å²) >= 11 is 0. The van der Waals surface area contributed by atoms with Crippen molar-refractivity contribution in [3.63, 3.8) is 0 Å². The van der Waals surface area contributed by atoms with Crippen LogP contribution in [0.2, 0.25) is 0 Å². The first-order chi connectivity index (χ1) is 27.3. The average Bonchev–Trinajstić information content (AvgIpc) is 4.04. The molecule has 6 rings (SSSR count). The molecule has 4 amide bonds. The number of alkyl carbamates (subject to hydrolysis) is 2. The van der Waals surface area contributed by atoms with Crippen molar-refractivity contribution in [2.75, 3.05) is 27.3 Å². The maximum Gasteiger partial charge on any atom is 0.407 e. The van der Waals surface area contributed by atoms with Crippen molar-refractivity contribution in [1.29, 1.82) is 0 Å². The molecule has 300 valence electrons. The van der Waals surface area contributed by atoms with E-state index in [0.717, 1.165) is 52.9 Å². The first kappa shape index (κ1) is 40.5. The highest BCUT2D eigenvalue weighted by Gasteiger charge is 2.42. The second-order valence-corrected chi connectivity index (χ2v) is 15.2. The van der Waals surface area contributed by atoms with Crippen LogP contribution in [0.3, 0.4) is 0 Å². The number of nitrogens with one attached hydrogen (secondary N) is 4. The fourth-order valence-corrected chi connectivity index (χ4v) is 7.31. The van der Waals surface area contributed by atoms with Crippen molar-refractivity contribution in [1.82, 2.24) is 40.4 Å². The number of carbonyl (C=O) groups is 4. The molecule has 0 aliphatic carbocycles. The summed E-state index contributed by atoms with van der Waals surface area (Å²) in [5, 5.41) is 15.8. The SMILES string of the molecule is COC(=O)N[C@H](C(=O)N1CCC[C@H]1c1ncc(-c2ccc(C#Cc3ccc(-c4cnc([C@@H]5CCCN5C(=O)[C@@H](NC(=O)OC)C(C)(C)O)[nH]4)cc3)cc2)[nH]1)C(C)C. The van der Waals surface area contributed by atoms with Crippen LogP contribution in [0, 0.1) is 17.8 Å². The summed E-state index contributed by atoms with van der Waals surface area (Å²) in [4.78, 5) is 70.3. The number of nitrogens with zero attached hydrogens (tertiary/aromatic N) is 4. The Kier molecular flexibility index (Phi) is 12.3. The average molecular weight is 779 g/mol. The molecular weight excluding hydrogens is 729 g/mol. The summed E-state index contributed by atoms with van der Waals surface area (Å²) in [7, 11) is 2.49. The summed E-state index contributed by atoms with van der Waals surface area (Å²) in [6.45, 7) is 7.78. The molecule has 2 aromatic carbocycles. The predicted molar refractivity (Wildman–Crippen MR) is 211 cm³/mol. The molecule has 0 spiro atoms. The summed E-state index contributed by atoms with van der Waals surface area (Å²) in [5.41, 5.74) is 3.62. The fourth-order valence-electron chi connectivity index (χ4n) is 7.31. The Bertz CT molecular complexity index is 2120. The molecule has 2 saturated heterocycles. The molecule has 4 atom stereocenters. The zero-order valence-corrected chi connectivity index (χ0v) is 33.1. The lowest BCUT2D eigenvalue weighted by atomic mass is 9.97. The van der Waals surface area contributed by atoms with Crippen molar-refractivity contribution in [2.24, 2.45) is 5.92 Å². The number of aromatic amines is 2. The number of amides is 4. The van der Waals surface area contributed by atoms with Crippen molar-refractivity contribution < 1.29 is 33.8 Å².